The molecule has 1 fully saturated rings. The molecule has 0 radical (unpaired) electrons. The fourth-order valence-corrected chi connectivity index (χ4v) is 3.52. The van der Waals surface area contributed by atoms with E-state index in [-0.39, 0.29) is 23.7 Å². The van der Waals surface area contributed by atoms with E-state index in [0.717, 1.165) is 18.4 Å². The van der Waals surface area contributed by atoms with Crippen LogP contribution in [0.3, 0.4) is 0 Å². The third kappa shape index (κ3) is 5.26. The highest BCUT2D eigenvalue weighted by molar-refractivity contribution is 5.42. The van der Waals surface area contributed by atoms with Crippen molar-refractivity contribution < 1.29 is 27.0 Å². The molecule has 0 unspecified atom stereocenters. The summed E-state index contributed by atoms with van der Waals surface area (Å²) in [6, 6.07) is 19.4. The van der Waals surface area contributed by atoms with Crippen molar-refractivity contribution in [3.8, 4) is 17.2 Å². The van der Waals surface area contributed by atoms with Gasteiger partial charge in [-0.2, -0.15) is 8.78 Å². The minimum atomic E-state index is -2.88. The van der Waals surface area contributed by atoms with Gasteiger partial charge in [-0.05, 0) is 66.4 Å². The van der Waals surface area contributed by atoms with Gasteiger partial charge in [0.05, 0.1) is 0 Å². The first-order valence-electron chi connectivity index (χ1n) is 9.87. The summed E-state index contributed by atoms with van der Waals surface area (Å²) in [6.45, 7) is -2.88. The number of ether oxygens (including phenoxy) is 2. The lowest BCUT2D eigenvalue weighted by Crippen LogP contribution is -2.05. The van der Waals surface area contributed by atoms with E-state index < -0.39 is 17.8 Å². The summed E-state index contributed by atoms with van der Waals surface area (Å²) in [5.74, 6) is -0.279. The van der Waals surface area contributed by atoms with E-state index in [9.17, 15) is 17.6 Å². The van der Waals surface area contributed by atoms with Crippen molar-refractivity contribution in [3.63, 3.8) is 0 Å². The zero-order chi connectivity index (χ0) is 21.8. The number of allylic oxidation sites excluding steroid dienone is 2. The molecule has 0 amide bonds. The van der Waals surface area contributed by atoms with E-state index in [1.807, 2.05) is 6.07 Å². The van der Waals surface area contributed by atoms with Crippen molar-refractivity contribution in [1.82, 2.24) is 0 Å². The van der Waals surface area contributed by atoms with Gasteiger partial charge in [0.1, 0.15) is 17.3 Å². The van der Waals surface area contributed by atoms with E-state index in [1.165, 1.54) is 30.3 Å². The van der Waals surface area contributed by atoms with Gasteiger partial charge in [-0.25, -0.2) is 8.78 Å². The number of hydrogen-bond acceptors (Lipinski definition) is 2. The third-order valence-electron chi connectivity index (χ3n) is 5.22. The van der Waals surface area contributed by atoms with Crippen molar-refractivity contribution in [1.29, 1.82) is 0 Å². The van der Waals surface area contributed by atoms with Gasteiger partial charge in [-0.15, -0.1) is 0 Å². The Morgan fingerprint density at radius 1 is 0.935 bits per heavy atom. The topological polar surface area (TPSA) is 18.5 Å². The lowest BCUT2D eigenvalue weighted by molar-refractivity contribution is -0.0498. The molecule has 4 rings (SSSR count). The maximum Gasteiger partial charge on any atom is 0.387 e. The lowest BCUT2D eigenvalue weighted by Gasteiger charge is -2.13. The van der Waals surface area contributed by atoms with Gasteiger partial charge in [-0.3, -0.25) is 0 Å². The molecule has 1 saturated carbocycles. The molecular formula is C25H20F4O2. The van der Waals surface area contributed by atoms with Gasteiger partial charge < -0.3 is 9.47 Å². The summed E-state index contributed by atoms with van der Waals surface area (Å²) < 4.78 is 63.5. The van der Waals surface area contributed by atoms with E-state index in [2.05, 4.69) is 4.74 Å². The Bertz CT molecular complexity index is 1060. The Labute approximate surface area is 177 Å². The van der Waals surface area contributed by atoms with Crippen molar-refractivity contribution in [3.05, 3.63) is 102 Å². The predicted octanol–water partition coefficient (Wildman–Crippen LogP) is 7.35. The lowest BCUT2D eigenvalue weighted by atomic mass is 9.94. The van der Waals surface area contributed by atoms with Crippen molar-refractivity contribution in [2.24, 2.45) is 0 Å². The molecule has 3 aromatic carbocycles. The Morgan fingerprint density at radius 3 is 2.29 bits per heavy atom. The van der Waals surface area contributed by atoms with Crippen LogP contribution in [0.5, 0.6) is 17.2 Å². The average Bonchev–Trinajstić information content (AvgIpc) is 3.52. The minimum Gasteiger partial charge on any atom is -0.454 e. The average molecular weight is 428 g/mol. The Hall–Kier alpha value is -3.28. The Balaban J connectivity index is 1.47. The molecule has 0 saturated heterocycles. The van der Waals surface area contributed by atoms with Gasteiger partial charge in [-0.1, -0.05) is 36.4 Å². The fourth-order valence-electron chi connectivity index (χ4n) is 3.52. The van der Waals surface area contributed by atoms with Crippen molar-refractivity contribution in [2.45, 2.75) is 31.3 Å². The van der Waals surface area contributed by atoms with E-state index in [0.29, 0.717) is 11.3 Å². The Kier molecular flexibility index (Phi) is 5.98. The third-order valence-corrected chi connectivity index (χ3v) is 5.22. The van der Waals surface area contributed by atoms with Crippen LogP contribution in [0.2, 0.25) is 0 Å². The number of hydrogen-bond donors (Lipinski definition) is 0. The SMILES string of the molecule is FC(=CC1(c2ccc(OC(F)F)cc2)CC1)Cc1ccc(F)c(Oc2ccccc2)c1. The number of benzene rings is 3. The van der Waals surface area contributed by atoms with Crippen LogP contribution >= 0.6 is 0 Å². The quantitative estimate of drug-likeness (QED) is 0.349. The van der Waals surface area contributed by atoms with E-state index in [4.69, 9.17) is 4.74 Å². The van der Waals surface area contributed by atoms with Gasteiger partial charge >= 0.3 is 6.61 Å². The molecule has 3 aromatic rings. The van der Waals surface area contributed by atoms with Crippen LogP contribution in [0, 0.1) is 5.82 Å². The summed E-state index contributed by atoms with van der Waals surface area (Å²) in [5.41, 5.74) is 0.977. The molecule has 0 N–H and O–H groups in total. The molecule has 0 aliphatic heterocycles. The second-order valence-corrected chi connectivity index (χ2v) is 7.51. The molecule has 31 heavy (non-hydrogen) atoms. The van der Waals surface area contributed by atoms with Crippen LogP contribution in [0.1, 0.15) is 24.0 Å². The first-order chi connectivity index (χ1) is 14.9. The molecule has 0 aromatic heterocycles. The number of alkyl halides is 2. The number of para-hydroxylation sites is 1. The summed E-state index contributed by atoms with van der Waals surface area (Å²) in [5, 5.41) is 0. The zero-order valence-corrected chi connectivity index (χ0v) is 16.5. The van der Waals surface area contributed by atoms with Gasteiger partial charge in [0.25, 0.3) is 0 Å². The highest BCUT2D eigenvalue weighted by atomic mass is 19.3. The van der Waals surface area contributed by atoms with Gasteiger partial charge in [0, 0.05) is 11.8 Å². The molecular weight excluding hydrogens is 408 g/mol. The molecule has 0 atom stereocenters. The Morgan fingerprint density at radius 2 is 1.65 bits per heavy atom. The summed E-state index contributed by atoms with van der Waals surface area (Å²) in [6.07, 6.45) is 3.10. The molecule has 1 aliphatic rings. The van der Waals surface area contributed by atoms with Crippen LogP contribution in [-0.4, -0.2) is 6.61 Å². The first kappa shape index (κ1) is 21.0. The van der Waals surface area contributed by atoms with Crippen molar-refractivity contribution >= 4 is 0 Å². The molecule has 2 nitrogen and oxygen atoms in total. The van der Waals surface area contributed by atoms with Gasteiger partial charge in [0.15, 0.2) is 11.6 Å². The molecule has 6 heteroatoms. The molecule has 1 aliphatic carbocycles. The second-order valence-electron chi connectivity index (χ2n) is 7.51. The largest absolute Gasteiger partial charge is 0.454 e. The van der Waals surface area contributed by atoms with E-state index >= 15 is 0 Å². The maximum atomic E-state index is 14.8. The maximum absolute atomic E-state index is 14.8. The van der Waals surface area contributed by atoms with Crippen LogP contribution in [0.4, 0.5) is 17.6 Å². The van der Waals surface area contributed by atoms with Crippen LogP contribution in [0.25, 0.3) is 0 Å². The van der Waals surface area contributed by atoms with Crippen LogP contribution in [-0.2, 0) is 11.8 Å². The molecule has 0 heterocycles. The normalized spacial score (nSPS) is 15.1. The predicted molar refractivity (Wildman–Crippen MR) is 110 cm³/mol. The summed E-state index contributed by atoms with van der Waals surface area (Å²) in [7, 11) is 0. The molecule has 0 bridgehead atoms. The molecule has 160 valence electrons. The van der Waals surface area contributed by atoms with Crippen LogP contribution < -0.4 is 9.47 Å². The number of halogens is 4. The first-order valence-corrected chi connectivity index (χ1v) is 9.87. The van der Waals surface area contributed by atoms with Crippen molar-refractivity contribution in [2.75, 3.05) is 0 Å². The molecule has 0 spiro atoms. The highest BCUT2D eigenvalue weighted by Gasteiger charge is 2.42. The summed E-state index contributed by atoms with van der Waals surface area (Å²) >= 11 is 0. The van der Waals surface area contributed by atoms with Crippen LogP contribution in [0.15, 0.2) is 84.7 Å². The fraction of sp³-hybridized carbons (Fsp3) is 0.200. The zero-order valence-electron chi connectivity index (χ0n) is 16.5. The van der Waals surface area contributed by atoms with Gasteiger partial charge in [0.2, 0.25) is 0 Å². The van der Waals surface area contributed by atoms with E-state index in [1.54, 1.807) is 42.5 Å². The second kappa shape index (κ2) is 8.84. The highest BCUT2D eigenvalue weighted by Crippen LogP contribution is 2.50. The monoisotopic (exact) mass is 428 g/mol. The standard InChI is InChI=1S/C25H20F4O2/c26-19(16-25(12-13-25)18-7-9-21(10-8-18)31-24(28)29)14-17-6-11-22(27)23(15-17)30-20-4-2-1-3-5-20/h1-11,15-16,24H,12-14H2. The smallest absolute Gasteiger partial charge is 0.387 e. The number of rotatable bonds is 8. The summed E-state index contributed by atoms with van der Waals surface area (Å²) in [4.78, 5) is 0. The minimum absolute atomic E-state index is 0.000241.